The van der Waals surface area contributed by atoms with E-state index < -0.39 is 6.04 Å². The molecular weight excluding hydrogens is 319 g/mol. The summed E-state index contributed by atoms with van der Waals surface area (Å²) in [6.45, 7) is 3.64. The van der Waals surface area contributed by atoms with Crippen molar-refractivity contribution < 1.29 is 4.39 Å². The molecule has 126 valence electrons. The summed E-state index contributed by atoms with van der Waals surface area (Å²) in [6, 6.07) is 7.93. The predicted molar refractivity (Wildman–Crippen MR) is 91.3 cm³/mol. The number of nitriles is 1. The van der Waals surface area contributed by atoms with Crippen LogP contribution in [-0.4, -0.2) is 19.7 Å². The third-order valence-electron chi connectivity index (χ3n) is 4.17. The maximum Gasteiger partial charge on any atom is 0.167 e. The maximum atomic E-state index is 13.3. The number of rotatable bonds is 4. The van der Waals surface area contributed by atoms with Gasteiger partial charge in [-0.25, -0.2) is 9.37 Å². The molecule has 2 heterocycles. The standard InChI is InChI=1S/C18H17FN6/c1-11-12(2)23-24-17(15(11)10-20)22-16(18-21-8-9-25(18)3)13-4-6-14(19)7-5-13/h4-9,16H,1-3H3,(H,22,24)/t16-/m1/s1. The molecule has 6 nitrogen and oxygen atoms in total. The summed E-state index contributed by atoms with van der Waals surface area (Å²) in [5.41, 5.74) is 2.73. The van der Waals surface area contributed by atoms with Gasteiger partial charge in [-0.2, -0.15) is 10.4 Å². The molecule has 0 amide bonds. The van der Waals surface area contributed by atoms with Gasteiger partial charge in [-0.1, -0.05) is 12.1 Å². The lowest BCUT2D eigenvalue weighted by atomic mass is 10.0. The Hall–Kier alpha value is -3.27. The molecule has 3 rings (SSSR count). The van der Waals surface area contributed by atoms with Gasteiger partial charge >= 0.3 is 0 Å². The number of hydrogen-bond acceptors (Lipinski definition) is 5. The van der Waals surface area contributed by atoms with E-state index in [1.54, 1.807) is 18.3 Å². The average Bonchev–Trinajstić information content (AvgIpc) is 3.02. The van der Waals surface area contributed by atoms with Crippen molar-refractivity contribution >= 4 is 5.82 Å². The van der Waals surface area contributed by atoms with Crippen molar-refractivity contribution in [3.63, 3.8) is 0 Å². The number of nitrogens with zero attached hydrogens (tertiary/aromatic N) is 5. The zero-order chi connectivity index (χ0) is 18.0. The van der Waals surface area contributed by atoms with Crippen molar-refractivity contribution in [2.24, 2.45) is 7.05 Å². The fraction of sp³-hybridized carbons (Fsp3) is 0.222. The van der Waals surface area contributed by atoms with E-state index in [2.05, 4.69) is 26.6 Å². The van der Waals surface area contributed by atoms with E-state index >= 15 is 0 Å². The van der Waals surface area contributed by atoms with Crippen LogP contribution in [0.25, 0.3) is 0 Å². The van der Waals surface area contributed by atoms with Gasteiger partial charge in [0, 0.05) is 19.4 Å². The molecule has 1 aromatic carbocycles. The molecule has 0 unspecified atom stereocenters. The first-order chi connectivity index (χ1) is 12.0. The Morgan fingerprint density at radius 2 is 1.92 bits per heavy atom. The minimum atomic E-state index is -0.399. The lowest BCUT2D eigenvalue weighted by Crippen LogP contribution is -2.19. The van der Waals surface area contributed by atoms with Gasteiger partial charge in [0.1, 0.15) is 29.3 Å². The van der Waals surface area contributed by atoms with Crippen molar-refractivity contribution in [3.05, 3.63) is 70.7 Å². The Morgan fingerprint density at radius 3 is 2.52 bits per heavy atom. The van der Waals surface area contributed by atoms with Crippen LogP contribution in [-0.2, 0) is 7.05 Å². The number of nitrogens with one attached hydrogen (secondary N) is 1. The van der Waals surface area contributed by atoms with Crippen LogP contribution < -0.4 is 5.32 Å². The van der Waals surface area contributed by atoms with Gasteiger partial charge < -0.3 is 9.88 Å². The third-order valence-corrected chi connectivity index (χ3v) is 4.17. The van der Waals surface area contributed by atoms with Crippen LogP contribution in [0.3, 0.4) is 0 Å². The summed E-state index contributed by atoms with van der Waals surface area (Å²) >= 11 is 0. The van der Waals surface area contributed by atoms with Crippen molar-refractivity contribution in [3.8, 4) is 6.07 Å². The minimum Gasteiger partial charge on any atom is -0.354 e. The summed E-state index contributed by atoms with van der Waals surface area (Å²) in [7, 11) is 1.87. The van der Waals surface area contributed by atoms with E-state index in [-0.39, 0.29) is 5.82 Å². The lowest BCUT2D eigenvalue weighted by Gasteiger charge is -2.20. The second kappa shape index (κ2) is 6.69. The van der Waals surface area contributed by atoms with Crippen molar-refractivity contribution in [2.75, 3.05) is 5.32 Å². The summed E-state index contributed by atoms with van der Waals surface area (Å²) < 4.78 is 15.2. The number of benzene rings is 1. The highest BCUT2D eigenvalue weighted by molar-refractivity contribution is 5.57. The van der Waals surface area contributed by atoms with Crippen molar-refractivity contribution in [1.29, 1.82) is 5.26 Å². The van der Waals surface area contributed by atoms with Gasteiger partial charge in [0.2, 0.25) is 0 Å². The number of imidazole rings is 1. The molecule has 1 atom stereocenters. The van der Waals surface area contributed by atoms with Crippen LogP contribution in [0, 0.1) is 31.0 Å². The molecule has 1 N–H and O–H groups in total. The topological polar surface area (TPSA) is 79.4 Å². The summed E-state index contributed by atoms with van der Waals surface area (Å²) in [4.78, 5) is 4.38. The van der Waals surface area contributed by atoms with E-state index in [1.165, 1.54) is 12.1 Å². The van der Waals surface area contributed by atoms with Crippen molar-refractivity contribution in [1.82, 2.24) is 19.7 Å². The molecule has 0 saturated heterocycles. The molecule has 2 aromatic heterocycles. The number of aryl methyl sites for hydroxylation is 2. The van der Waals surface area contributed by atoms with E-state index in [0.717, 1.165) is 17.0 Å². The van der Waals surface area contributed by atoms with Gasteiger partial charge in [0.05, 0.1) is 5.69 Å². The third kappa shape index (κ3) is 3.19. The first-order valence-electron chi connectivity index (χ1n) is 7.74. The fourth-order valence-corrected chi connectivity index (χ4v) is 2.59. The van der Waals surface area contributed by atoms with Crippen LogP contribution in [0.5, 0.6) is 0 Å². The van der Waals surface area contributed by atoms with Gasteiger partial charge in [0.15, 0.2) is 5.82 Å². The van der Waals surface area contributed by atoms with E-state index in [9.17, 15) is 9.65 Å². The Balaban J connectivity index is 2.08. The summed E-state index contributed by atoms with van der Waals surface area (Å²) in [6.07, 6.45) is 3.51. The average molecular weight is 336 g/mol. The molecule has 0 aliphatic rings. The first-order valence-corrected chi connectivity index (χ1v) is 7.74. The molecule has 7 heteroatoms. The molecule has 0 saturated carbocycles. The van der Waals surface area contributed by atoms with Gasteiger partial charge in [-0.3, -0.25) is 0 Å². The monoisotopic (exact) mass is 336 g/mol. The van der Waals surface area contributed by atoms with Crippen molar-refractivity contribution in [2.45, 2.75) is 19.9 Å². The quantitative estimate of drug-likeness (QED) is 0.792. The van der Waals surface area contributed by atoms with Crippen LogP contribution in [0.1, 0.15) is 34.3 Å². The molecule has 0 aliphatic carbocycles. The molecule has 0 spiro atoms. The number of halogens is 1. The van der Waals surface area contributed by atoms with Crippen LogP contribution in [0.15, 0.2) is 36.7 Å². The zero-order valence-electron chi connectivity index (χ0n) is 14.2. The lowest BCUT2D eigenvalue weighted by molar-refractivity contribution is 0.626. The zero-order valence-corrected chi connectivity index (χ0v) is 14.2. The SMILES string of the molecule is Cc1nnc(N[C@H](c2ccc(F)cc2)c2nccn2C)c(C#N)c1C. The van der Waals surface area contributed by atoms with Gasteiger partial charge in [-0.15, -0.1) is 5.10 Å². The Morgan fingerprint density at radius 1 is 1.20 bits per heavy atom. The Kier molecular flexibility index (Phi) is 4.44. The highest BCUT2D eigenvalue weighted by Crippen LogP contribution is 2.27. The van der Waals surface area contributed by atoms with E-state index in [4.69, 9.17) is 0 Å². The van der Waals surface area contributed by atoms with E-state index in [0.29, 0.717) is 17.1 Å². The van der Waals surface area contributed by atoms with E-state index in [1.807, 2.05) is 31.7 Å². The molecule has 25 heavy (non-hydrogen) atoms. The van der Waals surface area contributed by atoms with Gasteiger partial charge in [0.25, 0.3) is 0 Å². The number of aromatic nitrogens is 4. The Bertz CT molecular complexity index is 939. The normalized spacial score (nSPS) is 11.8. The molecular formula is C18H17FN6. The number of anilines is 1. The van der Waals surface area contributed by atoms with Crippen LogP contribution in [0.2, 0.25) is 0 Å². The van der Waals surface area contributed by atoms with Crippen LogP contribution >= 0.6 is 0 Å². The van der Waals surface area contributed by atoms with Crippen LogP contribution in [0.4, 0.5) is 10.2 Å². The minimum absolute atomic E-state index is 0.314. The summed E-state index contributed by atoms with van der Waals surface area (Å²) in [5, 5.41) is 21.0. The largest absolute Gasteiger partial charge is 0.354 e. The second-order valence-electron chi connectivity index (χ2n) is 5.77. The number of hydrogen-bond donors (Lipinski definition) is 1. The highest BCUT2D eigenvalue weighted by Gasteiger charge is 2.21. The fourth-order valence-electron chi connectivity index (χ4n) is 2.59. The predicted octanol–water partition coefficient (Wildman–Crippen LogP) is 3.04. The molecule has 3 aromatic rings. The molecule has 0 fully saturated rings. The Labute approximate surface area is 145 Å². The first kappa shape index (κ1) is 16.6. The molecule has 0 aliphatic heterocycles. The molecule has 0 bridgehead atoms. The molecule has 0 radical (unpaired) electrons. The van der Waals surface area contributed by atoms with Gasteiger partial charge in [-0.05, 0) is 37.1 Å². The summed E-state index contributed by atoms with van der Waals surface area (Å²) in [5.74, 6) is 0.782. The smallest absolute Gasteiger partial charge is 0.167 e. The highest BCUT2D eigenvalue weighted by atomic mass is 19.1. The second-order valence-corrected chi connectivity index (χ2v) is 5.77. The maximum absolute atomic E-state index is 13.3.